The highest BCUT2D eigenvalue weighted by Gasteiger charge is 2.09. The first-order chi connectivity index (χ1) is 10.6. The number of unbranched alkanes of at least 4 members (excludes halogenated alkanes) is 1. The minimum atomic E-state index is -0.475. The van der Waals surface area contributed by atoms with Gasteiger partial charge in [0.1, 0.15) is 0 Å². The second-order valence-electron chi connectivity index (χ2n) is 5.45. The number of ether oxygens (including phenoxy) is 1. The molecule has 1 atom stereocenters. The van der Waals surface area contributed by atoms with Crippen molar-refractivity contribution in [2.24, 2.45) is 0 Å². The maximum absolute atomic E-state index is 11.0. The summed E-state index contributed by atoms with van der Waals surface area (Å²) in [4.78, 5) is 12.3. The van der Waals surface area contributed by atoms with Gasteiger partial charge in [-0.1, -0.05) is 24.3 Å². The Labute approximate surface area is 135 Å². The van der Waals surface area contributed by atoms with Gasteiger partial charge in [0, 0.05) is 11.3 Å². The largest absolute Gasteiger partial charge is 0.469 e. The van der Waals surface area contributed by atoms with E-state index < -0.39 is 6.10 Å². The van der Waals surface area contributed by atoms with Gasteiger partial charge in [0.05, 0.1) is 13.2 Å². The van der Waals surface area contributed by atoms with E-state index in [-0.39, 0.29) is 5.97 Å². The highest BCUT2D eigenvalue weighted by atomic mass is 32.1. The topological polar surface area (TPSA) is 46.5 Å². The van der Waals surface area contributed by atoms with E-state index in [9.17, 15) is 9.90 Å². The summed E-state index contributed by atoms with van der Waals surface area (Å²) in [5.74, 6) is -0.190. The number of thiophene rings is 1. The van der Waals surface area contributed by atoms with Crippen LogP contribution in [0.3, 0.4) is 0 Å². The molecule has 0 fully saturated rings. The van der Waals surface area contributed by atoms with E-state index in [1.165, 1.54) is 23.1 Å². The van der Waals surface area contributed by atoms with Crippen molar-refractivity contribution in [2.45, 2.75) is 38.7 Å². The summed E-state index contributed by atoms with van der Waals surface area (Å²) in [6, 6.07) is 10.2. The molecule has 2 rings (SSSR count). The van der Waals surface area contributed by atoms with Crippen LogP contribution in [0.25, 0.3) is 10.4 Å². The number of carbonyl (C=O) groups excluding carboxylic acids is 1. The fourth-order valence-corrected chi connectivity index (χ4v) is 3.23. The minimum Gasteiger partial charge on any atom is -0.469 e. The lowest BCUT2D eigenvalue weighted by Gasteiger charge is -2.11. The fraction of sp³-hybridized carbons (Fsp3) is 0.389. The average Bonchev–Trinajstić information content (AvgIpc) is 2.97. The van der Waals surface area contributed by atoms with E-state index in [2.05, 4.69) is 35.2 Å². The second-order valence-corrected chi connectivity index (χ2v) is 6.36. The molecular formula is C18H22O3S. The zero-order chi connectivity index (χ0) is 15.9. The zero-order valence-corrected chi connectivity index (χ0v) is 13.9. The van der Waals surface area contributed by atoms with Gasteiger partial charge >= 0.3 is 5.97 Å². The molecule has 0 bridgehead atoms. The van der Waals surface area contributed by atoms with Gasteiger partial charge in [-0.3, -0.25) is 4.79 Å². The van der Waals surface area contributed by atoms with Crippen molar-refractivity contribution in [3.8, 4) is 10.4 Å². The summed E-state index contributed by atoms with van der Waals surface area (Å²) >= 11 is 1.73. The standard InChI is InChI=1S/C18H22O3S/c1-13-11-17(22-12-13)15-9-7-14(8-10-15)16(19)5-3-4-6-18(20)21-2/h7-12,16,19H,3-6H2,1-2H3. The quantitative estimate of drug-likeness (QED) is 0.604. The molecule has 1 aromatic heterocycles. The maximum Gasteiger partial charge on any atom is 0.305 e. The van der Waals surface area contributed by atoms with Crippen molar-refractivity contribution in [3.63, 3.8) is 0 Å². The first-order valence-corrected chi connectivity index (χ1v) is 8.38. The third kappa shape index (κ3) is 4.68. The van der Waals surface area contributed by atoms with Crippen LogP contribution in [-0.4, -0.2) is 18.2 Å². The van der Waals surface area contributed by atoms with Gasteiger partial charge in [-0.25, -0.2) is 0 Å². The molecule has 1 aromatic carbocycles. The van der Waals surface area contributed by atoms with Gasteiger partial charge in [-0.2, -0.15) is 0 Å². The van der Waals surface area contributed by atoms with E-state index in [1.807, 2.05) is 12.1 Å². The fourth-order valence-electron chi connectivity index (χ4n) is 2.33. The van der Waals surface area contributed by atoms with Crippen LogP contribution in [0, 0.1) is 6.92 Å². The summed E-state index contributed by atoms with van der Waals surface area (Å²) < 4.78 is 4.60. The van der Waals surface area contributed by atoms with Gasteiger partial charge in [0.2, 0.25) is 0 Å². The third-order valence-corrected chi connectivity index (χ3v) is 4.74. The molecule has 0 saturated carbocycles. The van der Waals surface area contributed by atoms with Gasteiger partial charge in [0.15, 0.2) is 0 Å². The Morgan fingerprint density at radius 3 is 2.59 bits per heavy atom. The molecule has 118 valence electrons. The van der Waals surface area contributed by atoms with E-state index >= 15 is 0 Å². The van der Waals surface area contributed by atoms with Crippen molar-refractivity contribution in [3.05, 3.63) is 46.8 Å². The Balaban J connectivity index is 1.86. The monoisotopic (exact) mass is 318 g/mol. The number of methoxy groups -OCH3 is 1. The molecule has 2 aromatic rings. The Hall–Kier alpha value is -1.65. The number of benzene rings is 1. The number of rotatable bonds is 7. The molecule has 3 nitrogen and oxygen atoms in total. The molecule has 1 N–H and O–H groups in total. The Bertz CT molecular complexity index is 601. The van der Waals surface area contributed by atoms with Crippen LogP contribution in [0.1, 0.15) is 42.9 Å². The van der Waals surface area contributed by atoms with Crippen LogP contribution in [0.5, 0.6) is 0 Å². The van der Waals surface area contributed by atoms with Crippen LogP contribution >= 0.6 is 11.3 Å². The number of aliphatic hydroxyl groups excluding tert-OH is 1. The number of carbonyl (C=O) groups is 1. The van der Waals surface area contributed by atoms with Gasteiger partial charge < -0.3 is 9.84 Å². The predicted molar refractivity (Wildman–Crippen MR) is 89.9 cm³/mol. The van der Waals surface area contributed by atoms with E-state index in [0.717, 1.165) is 18.4 Å². The van der Waals surface area contributed by atoms with Crippen LogP contribution < -0.4 is 0 Å². The van der Waals surface area contributed by atoms with E-state index in [0.29, 0.717) is 12.8 Å². The summed E-state index contributed by atoms with van der Waals surface area (Å²) in [6.07, 6.45) is 2.16. The summed E-state index contributed by atoms with van der Waals surface area (Å²) in [7, 11) is 1.40. The molecule has 0 spiro atoms. The minimum absolute atomic E-state index is 0.190. The number of aryl methyl sites for hydroxylation is 1. The first-order valence-electron chi connectivity index (χ1n) is 7.50. The van der Waals surface area contributed by atoms with Crippen molar-refractivity contribution in [1.29, 1.82) is 0 Å². The second kappa shape index (κ2) is 8.11. The van der Waals surface area contributed by atoms with Gasteiger partial charge in [-0.15, -0.1) is 11.3 Å². The molecule has 1 heterocycles. The van der Waals surface area contributed by atoms with Gasteiger partial charge in [-0.05, 0) is 54.3 Å². The average molecular weight is 318 g/mol. The van der Waals surface area contributed by atoms with Crippen molar-refractivity contribution >= 4 is 17.3 Å². The van der Waals surface area contributed by atoms with E-state index in [4.69, 9.17) is 0 Å². The highest BCUT2D eigenvalue weighted by Crippen LogP contribution is 2.28. The molecule has 0 aliphatic rings. The molecule has 0 radical (unpaired) electrons. The summed E-state index contributed by atoms with van der Waals surface area (Å²) in [6.45, 7) is 2.09. The van der Waals surface area contributed by atoms with Gasteiger partial charge in [0.25, 0.3) is 0 Å². The van der Waals surface area contributed by atoms with Crippen molar-refractivity contribution < 1.29 is 14.6 Å². The Kier molecular flexibility index (Phi) is 6.16. The number of hydrogen-bond donors (Lipinski definition) is 1. The smallest absolute Gasteiger partial charge is 0.305 e. The molecule has 1 unspecified atom stereocenters. The summed E-state index contributed by atoms with van der Waals surface area (Å²) in [5.41, 5.74) is 3.38. The predicted octanol–water partition coefficient (Wildman–Crippen LogP) is 4.49. The van der Waals surface area contributed by atoms with Crippen molar-refractivity contribution in [1.82, 2.24) is 0 Å². The van der Waals surface area contributed by atoms with Crippen molar-refractivity contribution in [2.75, 3.05) is 7.11 Å². The first kappa shape index (κ1) is 16.7. The SMILES string of the molecule is COC(=O)CCCCC(O)c1ccc(-c2cc(C)cs2)cc1. The summed E-state index contributed by atoms with van der Waals surface area (Å²) in [5, 5.41) is 12.3. The Morgan fingerprint density at radius 2 is 2.00 bits per heavy atom. The van der Waals surface area contributed by atoms with Crippen LogP contribution in [0.4, 0.5) is 0 Å². The number of aliphatic hydroxyl groups is 1. The third-order valence-electron chi connectivity index (χ3n) is 3.65. The molecule has 22 heavy (non-hydrogen) atoms. The lowest BCUT2D eigenvalue weighted by molar-refractivity contribution is -0.140. The van der Waals surface area contributed by atoms with Crippen LogP contribution in [0.15, 0.2) is 35.7 Å². The van der Waals surface area contributed by atoms with Crippen LogP contribution in [-0.2, 0) is 9.53 Å². The number of hydrogen-bond acceptors (Lipinski definition) is 4. The molecule has 0 aliphatic carbocycles. The molecule has 0 aliphatic heterocycles. The zero-order valence-electron chi connectivity index (χ0n) is 13.0. The van der Waals surface area contributed by atoms with Crippen LogP contribution in [0.2, 0.25) is 0 Å². The normalized spacial score (nSPS) is 12.1. The van der Waals surface area contributed by atoms with E-state index in [1.54, 1.807) is 11.3 Å². The lowest BCUT2D eigenvalue weighted by Crippen LogP contribution is -2.01. The highest BCUT2D eigenvalue weighted by molar-refractivity contribution is 7.13. The molecule has 0 amide bonds. The molecule has 0 saturated heterocycles. The molecule has 4 heteroatoms. The Morgan fingerprint density at radius 1 is 1.27 bits per heavy atom. The maximum atomic E-state index is 11.0. The lowest BCUT2D eigenvalue weighted by atomic mass is 10.0. The molecular weight excluding hydrogens is 296 g/mol. The number of esters is 1.